The second-order valence-corrected chi connectivity index (χ2v) is 5.30. The molecule has 2 fully saturated rings. The van der Waals surface area contributed by atoms with Crippen LogP contribution in [0.5, 0.6) is 0 Å². The van der Waals surface area contributed by atoms with Gasteiger partial charge in [-0.2, -0.15) is 0 Å². The van der Waals surface area contributed by atoms with Gasteiger partial charge in [-0.25, -0.2) is 9.59 Å². The molecule has 0 aromatic heterocycles. The van der Waals surface area contributed by atoms with Crippen molar-refractivity contribution in [3.63, 3.8) is 0 Å². The second kappa shape index (κ2) is 4.53. The van der Waals surface area contributed by atoms with Crippen LogP contribution >= 0.6 is 11.8 Å². The molecule has 0 aromatic carbocycles. The SMILES string of the molecule is CN(C(=O)N1CSCC1C(=O)O)C1CCC1. The molecule has 1 aliphatic carbocycles. The molecule has 1 N–H and O–H groups in total. The summed E-state index contributed by atoms with van der Waals surface area (Å²) in [4.78, 5) is 26.2. The highest BCUT2D eigenvalue weighted by molar-refractivity contribution is 7.99. The van der Waals surface area contributed by atoms with E-state index < -0.39 is 12.0 Å². The summed E-state index contributed by atoms with van der Waals surface area (Å²) in [7, 11) is 1.77. The van der Waals surface area contributed by atoms with Gasteiger partial charge in [0, 0.05) is 18.8 Å². The Bertz CT molecular complexity index is 306. The average Bonchev–Trinajstić information content (AvgIpc) is 2.61. The summed E-state index contributed by atoms with van der Waals surface area (Å²) < 4.78 is 0. The van der Waals surface area contributed by atoms with Crippen LogP contribution in [0.3, 0.4) is 0 Å². The van der Waals surface area contributed by atoms with Crippen molar-refractivity contribution in [2.24, 2.45) is 0 Å². The molecule has 2 aliphatic rings. The van der Waals surface area contributed by atoms with E-state index in [0.717, 1.165) is 12.8 Å². The summed E-state index contributed by atoms with van der Waals surface area (Å²) in [5, 5.41) is 9.00. The normalized spacial score (nSPS) is 25.3. The van der Waals surface area contributed by atoms with Crippen molar-refractivity contribution in [3.05, 3.63) is 0 Å². The highest BCUT2D eigenvalue weighted by atomic mass is 32.2. The number of thioether (sulfide) groups is 1. The van der Waals surface area contributed by atoms with Crippen molar-refractivity contribution in [1.29, 1.82) is 0 Å². The summed E-state index contributed by atoms with van der Waals surface area (Å²) >= 11 is 1.50. The molecule has 0 aromatic rings. The Kier molecular flexibility index (Phi) is 3.28. The number of carbonyl (C=O) groups excluding carboxylic acids is 1. The summed E-state index contributed by atoms with van der Waals surface area (Å²) in [6, 6.07) is -0.477. The molecule has 5 nitrogen and oxygen atoms in total. The monoisotopic (exact) mass is 244 g/mol. The van der Waals surface area contributed by atoms with E-state index >= 15 is 0 Å². The lowest BCUT2D eigenvalue weighted by molar-refractivity contribution is -0.141. The van der Waals surface area contributed by atoms with E-state index in [4.69, 9.17) is 5.11 Å². The van der Waals surface area contributed by atoms with Crippen LogP contribution in [0.2, 0.25) is 0 Å². The maximum absolute atomic E-state index is 12.1. The van der Waals surface area contributed by atoms with Crippen LogP contribution in [0, 0.1) is 0 Å². The Morgan fingerprint density at radius 3 is 2.62 bits per heavy atom. The van der Waals surface area contributed by atoms with E-state index in [2.05, 4.69) is 0 Å². The molecule has 0 spiro atoms. The van der Waals surface area contributed by atoms with Crippen LogP contribution in [0.25, 0.3) is 0 Å². The summed E-state index contributed by atoms with van der Waals surface area (Å²) in [5.41, 5.74) is 0. The van der Waals surface area contributed by atoms with Crippen LogP contribution in [0.1, 0.15) is 19.3 Å². The Labute approximate surface area is 98.8 Å². The molecule has 2 rings (SSSR count). The topological polar surface area (TPSA) is 60.9 Å². The quantitative estimate of drug-likeness (QED) is 0.788. The first kappa shape index (κ1) is 11.6. The zero-order valence-corrected chi connectivity index (χ0v) is 10.1. The number of nitrogens with zero attached hydrogens (tertiary/aromatic N) is 2. The minimum absolute atomic E-state index is 0.137. The van der Waals surface area contributed by atoms with Crippen molar-refractivity contribution in [3.8, 4) is 0 Å². The number of amides is 2. The molecule has 1 unspecified atom stereocenters. The number of hydrogen-bond donors (Lipinski definition) is 1. The van der Waals surface area contributed by atoms with E-state index in [-0.39, 0.29) is 6.03 Å². The molecule has 16 heavy (non-hydrogen) atoms. The molecule has 1 atom stereocenters. The molecule has 0 bridgehead atoms. The number of rotatable bonds is 2. The lowest BCUT2D eigenvalue weighted by atomic mass is 9.92. The minimum Gasteiger partial charge on any atom is -0.480 e. The molecule has 1 saturated heterocycles. The van der Waals surface area contributed by atoms with Crippen LogP contribution in [-0.4, -0.2) is 57.7 Å². The van der Waals surface area contributed by atoms with Gasteiger partial charge in [0.2, 0.25) is 0 Å². The Morgan fingerprint density at radius 1 is 1.44 bits per heavy atom. The Hall–Kier alpha value is -0.910. The predicted octanol–water partition coefficient (Wildman–Crippen LogP) is 1.05. The van der Waals surface area contributed by atoms with Crippen LogP contribution in [-0.2, 0) is 4.79 Å². The van der Waals surface area contributed by atoms with E-state index in [1.54, 1.807) is 11.9 Å². The molecule has 2 amide bonds. The van der Waals surface area contributed by atoms with Crippen molar-refractivity contribution < 1.29 is 14.7 Å². The van der Waals surface area contributed by atoms with E-state index in [9.17, 15) is 9.59 Å². The zero-order valence-electron chi connectivity index (χ0n) is 9.26. The third-order valence-electron chi connectivity index (χ3n) is 3.34. The lowest BCUT2D eigenvalue weighted by Gasteiger charge is -2.37. The number of hydrogen-bond acceptors (Lipinski definition) is 3. The minimum atomic E-state index is -0.902. The fourth-order valence-corrected chi connectivity index (χ4v) is 3.11. The van der Waals surface area contributed by atoms with Gasteiger partial charge in [-0.1, -0.05) is 0 Å². The average molecular weight is 244 g/mol. The first-order valence-corrected chi connectivity index (χ1v) is 6.60. The highest BCUT2D eigenvalue weighted by Crippen LogP contribution is 2.27. The van der Waals surface area contributed by atoms with Crippen LogP contribution in [0.4, 0.5) is 4.79 Å². The fraction of sp³-hybridized carbons (Fsp3) is 0.800. The molecule has 0 radical (unpaired) electrons. The fourth-order valence-electron chi connectivity index (χ4n) is 1.97. The van der Waals surface area contributed by atoms with Crippen molar-refractivity contribution >= 4 is 23.8 Å². The first-order chi connectivity index (χ1) is 7.61. The van der Waals surface area contributed by atoms with Crippen LogP contribution < -0.4 is 0 Å². The molecule has 1 heterocycles. The van der Waals surface area contributed by atoms with Gasteiger partial charge >= 0.3 is 12.0 Å². The summed E-state index contributed by atoms with van der Waals surface area (Å²) in [6.45, 7) is 0. The molecule has 6 heteroatoms. The van der Waals surface area contributed by atoms with E-state index in [1.165, 1.54) is 23.1 Å². The van der Waals surface area contributed by atoms with Crippen molar-refractivity contribution in [2.45, 2.75) is 31.3 Å². The number of carbonyl (C=O) groups is 2. The smallest absolute Gasteiger partial charge is 0.327 e. The van der Waals surface area contributed by atoms with Gasteiger partial charge in [-0.3, -0.25) is 0 Å². The number of urea groups is 1. The molecule has 90 valence electrons. The lowest BCUT2D eigenvalue weighted by Crippen LogP contribution is -2.51. The van der Waals surface area contributed by atoms with E-state index in [0.29, 0.717) is 17.7 Å². The van der Waals surface area contributed by atoms with Gasteiger partial charge in [-0.05, 0) is 19.3 Å². The third-order valence-corrected chi connectivity index (χ3v) is 4.35. The van der Waals surface area contributed by atoms with Crippen molar-refractivity contribution in [1.82, 2.24) is 9.80 Å². The first-order valence-electron chi connectivity index (χ1n) is 5.45. The Balaban J connectivity index is 1.99. The molecular formula is C10H16N2O3S. The molecule has 1 saturated carbocycles. The zero-order chi connectivity index (χ0) is 11.7. The van der Waals surface area contributed by atoms with Gasteiger partial charge in [0.15, 0.2) is 0 Å². The van der Waals surface area contributed by atoms with Gasteiger partial charge in [-0.15, -0.1) is 11.8 Å². The molecule has 1 aliphatic heterocycles. The third kappa shape index (κ3) is 1.98. The number of aliphatic carboxylic acids is 1. The maximum atomic E-state index is 12.1. The number of carboxylic acids is 1. The largest absolute Gasteiger partial charge is 0.480 e. The summed E-state index contributed by atoms with van der Waals surface area (Å²) in [5.74, 6) is 0.0901. The van der Waals surface area contributed by atoms with Crippen molar-refractivity contribution in [2.75, 3.05) is 18.7 Å². The predicted molar refractivity (Wildman–Crippen MR) is 61.4 cm³/mol. The maximum Gasteiger partial charge on any atom is 0.327 e. The van der Waals surface area contributed by atoms with Gasteiger partial charge in [0.25, 0.3) is 0 Å². The van der Waals surface area contributed by atoms with Gasteiger partial charge < -0.3 is 14.9 Å². The molecular weight excluding hydrogens is 228 g/mol. The highest BCUT2D eigenvalue weighted by Gasteiger charge is 2.38. The standard InChI is InChI=1S/C10H16N2O3S/c1-11(7-3-2-4-7)10(15)12-6-16-5-8(12)9(13)14/h7-8H,2-6H2,1H3,(H,13,14). The summed E-state index contributed by atoms with van der Waals surface area (Å²) in [6.07, 6.45) is 3.25. The van der Waals surface area contributed by atoms with Gasteiger partial charge in [0.05, 0.1) is 5.88 Å². The Morgan fingerprint density at radius 2 is 2.12 bits per heavy atom. The number of carboxylic acid groups (broad SMARTS) is 1. The second-order valence-electron chi connectivity index (χ2n) is 4.30. The van der Waals surface area contributed by atoms with E-state index in [1.807, 2.05) is 0 Å². The van der Waals surface area contributed by atoms with Crippen LogP contribution in [0.15, 0.2) is 0 Å². The van der Waals surface area contributed by atoms with Gasteiger partial charge in [0.1, 0.15) is 6.04 Å².